The van der Waals surface area contributed by atoms with Crippen LogP contribution in [-0.2, 0) is 0 Å². The fourth-order valence-corrected chi connectivity index (χ4v) is 2.04. The molecule has 4 N–H and O–H groups in total. The van der Waals surface area contributed by atoms with Crippen molar-refractivity contribution in [1.29, 1.82) is 0 Å². The van der Waals surface area contributed by atoms with Gasteiger partial charge in [-0.05, 0) is 12.8 Å². The molecule has 6 heteroatoms. The van der Waals surface area contributed by atoms with Crippen molar-refractivity contribution in [3.63, 3.8) is 0 Å². The highest BCUT2D eigenvalue weighted by molar-refractivity contribution is 5.83. The Bertz CT molecular complexity index is 287. The summed E-state index contributed by atoms with van der Waals surface area (Å²) in [6, 6.07) is 0.221. The summed E-state index contributed by atoms with van der Waals surface area (Å²) < 4.78 is 0. The molecule has 1 atom stereocenters. The maximum atomic E-state index is 11.8. The van der Waals surface area contributed by atoms with Crippen LogP contribution in [0.25, 0.3) is 0 Å². The predicted octanol–water partition coefficient (Wildman–Crippen LogP) is 0.953. The summed E-state index contributed by atoms with van der Waals surface area (Å²) in [6.45, 7) is 2.25. The lowest BCUT2D eigenvalue weighted by Crippen LogP contribution is -2.45. The Balaban J connectivity index is 2.35. The lowest BCUT2D eigenvalue weighted by molar-refractivity contribution is 0.201. The molecule has 0 bridgehead atoms. The molecule has 98 valence electrons. The van der Waals surface area contributed by atoms with E-state index in [1.54, 1.807) is 11.9 Å². The number of nitrogens with two attached hydrogens (primary N) is 1. The highest BCUT2D eigenvalue weighted by Gasteiger charge is 2.20. The lowest BCUT2D eigenvalue weighted by atomic mass is 10.1. The molecule has 0 aromatic carbocycles. The normalized spacial score (nSPS) is 19.1. The van der Waals surface area contributed by atoms with Crippen LogP contribution < -0.4 is 11.1 Å². The van der Waals surface area contributed by atoms with Crippen molar-refractivity contribution in [2.24, 2.45) is 16.8 Å². The molecule has 1 saturated carbocycles. The first-order chi connectivity index (χ1) is 8.04. The highest BCUT2D eigenvalue weighted by Crippen LogP contribution is 2.17. The van der Waals surface area contributed by atoms with Gasteiger partial charge in [-0.3, -0.25) is 0 Å². The lowest BCUT2D eigenvalue weighted by Gasteiger charge is -2.23. The van der Waals surface area contributed by atoms with Gasteiger partial charge in [0.2, 0.25) is 0 Å². The zero-order chi connectivity index (χ0) is 12.8. The molecule has 0 spiro atoms. The van der Waals surface area contributed by atoms with Crippen molar-refractivity contribution in [3.05, 3.63) is 0 Å². The maximum absolute atomic E-state index is 11.8. The van der Waals surface area contributed by atoms with Gasteiger partial charge in [0.25, 0.3) is 0 Å². The second kappa shape index (κ2) is 6.32. The SMILES string of the molecule is CC(CN(C)C(=O)NC1CCCC1)C(N)=NO. The summed E-state index contributed by atoms with van der Waals surface area (Å²) in [7, 11) is 1.71. The molecular formula is C11H22N4O2. The van der Waals surface area contributed by atoms with Crippen molar-refractivity contribution in [2.45, 2.75) is 38.6 Å². The Morgan fingerprint density at radius 2 is 2.18 bits per heavy atom. The average Bonchev–Trinajstić information content (AvgIpc) is 2.80. The Morgan fingerprint density at radius 3 is 2.71 bits per heavy atom. The molecule has 1 unspecified atom stereocenters. The van der Waals surface area contributed by atoms with Crippen molar-refractivity contribution in [1.82, 2.24) is 10.2 Å². The number of nitrogens with one attached hydrogen (secondary N) is 1. The molecule has 1 fully saturated rings. The average molecular weight is 242 g/mol. The summed E-state index contributed by atoms with van der Waals surface area (Å²) in [5.41, 5.74) is 5.47. The molecule has 1 rings (SSSR count). The Hall–Kier alpha value is -1.46. The van der Waals surface area contributed by atoms with E-state index in [1.165, 1.54) is 12.8 Å². The van der Waals surface area contributed by atoms with E-state index in [0.29, 0.717) is 12.6 Å². The number of urea groups is 1. The largest absolute Gasteiger partial charge is 0.409 e. The molecule has 0 aromatic heterocycles. The molecule has 0 heterocycles. The molecule has 1 aliphatic rings. The molecule has 0 radical (unpaired) electrons. The molecular weight excluding hydrogens is 220 g/mol. The van der Waals surface area contributed by atoms with E-state index in [2.05, 4.69) is 10.5 Å². The summed E-state index contributed by atoms with van der Waals surface area (Å²) in [4.78, 5) is 13.4. The molecule has 1 aliphatic carbocycles. The van der Waals surface area contributed by atoms with E-state index in [-0.39, 0.29) is 17.8 Å². The van der Waals surface area contributed by atoms with E-state index in [9.17, 15) is 4.79 Å². The van der Waals surface area contributed by atoms with Gasteiger partial charge in [-0.2, -0.15) is 0 Å². The minimum atomic E-state index is -0.153. The van der Waals surface area contributed by atoms with Crippen LogP contribution in [0.3, 0.4) is 0 Å². The topological polar surface area (TPSA) is 91.0 Å². The van der Waals surface area contributed by atoms with Gasteiger partial charge in [0.15, 0.2) is 0 Å². The molecule has 6 nitrogen and oxygen atoms in total. The third kappa shape index (κ3) is 4.13. The van der Waals surface area contributed by atoms with Gasteiger partial charge >= 0.3 is 6.03 Å². The zero-order valence-corrected chi connectivity index (χ0v) is 10.5. The second-order valence-corrected chi connectivity index (χ2v) is 4.74. The number of rotatable bonds is 4. The number of amides is 2. The van der Waals surface area contributed by atoms with E-state index >= 15 is 0 Å². The third-order valence-electron chi connectivity index (χ3n) is 3.20. The molecule has 0 saturated heterocycles. The van der Waals surface area contributed by atoms with Crippen molar-refractivity contribution < 1.29 is 10.0 Å². The minimum absolute atomic E-state index is 0.0884. The first kappa shape index (κ1) is 13.6. The van der Waals surface area contributed by atoms with Crippen LogP contribution in [0.5, 0.6) is 0 Å². The number of hydrogen-bond donors (Lipinski definition) is 3. The Morgan fingerprint density at radius 1 is 1.59 bits per heavy atom. The number of carbonyl (C=O) groups is 1. The number of nitrogens with zero attached hydrogens (tertiary/aromatic N) is 2. The molecule has 17 heavy (non-hydrogen) atoms. The maximum Gasteiger partial charge on any atom is 0.317 e. The molecule has 0 aromatic rings. The fourth-order valence-electron chi connectivity index (χ4n) is 2.04. The van der Waals surface area contributed by atoms with Gasteiger partial charge in [-0.1, -0.05) is 24.9 Å². The standard InChI is InChI=1S/C11H22N4O2/c1-8(10(12)14-17)7-15(2)11(16)13-9-5-3-4-6-9/h8-9,17H,3-7H2,1-2H3,(H2,12,14)(H,13,16). The van der Waals surface area contributed by atoms with Crippen LogP contribution in [-0.4, -0.2) is 41.6 Å². The van der Waals surface area contributed by atoms with E-state index in [0.717, 1.165) is 12.8 Å². The smallest absolute Gasteiger partial charge is 0.317 e. The first-order valence-electron chi connectivity index (χ1n) is 6.03. The van der Waals surface area contributed by atoms with Crippen molar-refractivity contribution in [3.8, 4) is 0 Å². The van der Waals surface area contributed by atoms with Crippen LogP contribution in [0.4, 0.5) is 4.79 Å². The summed E-state index contributed by atoms with van der Waals surface area (Å²) in [5, 5.41) is 14.5. The van der Waals surface area contributed by atoms with Crippen LogP contribution in [0.2, 0.25) is 0 Å². The van der Waals surface area contributed by atoms with Crippen molar-refractivity contribution >= 4 is 11.9 Å². The van der Waals surface area contributed by atoms with Gasteiger partial charge in [0, 0.05) is 25.6 Å². The van der Waals surface area contributed by atoms with Crippen molar-refractivity contribution in [2.75, 3.05) is 13.6 Å². The first-order valence-corrected chi connectivity index (χ1v) is 6.03. The van der Waals surface area contributed by atoms with Crippen LogP contribution in [0, 0.1) is 5.92 Å². The van der Waals surface area contributed by atoms with Gasteiger partial charge < -0.3 is 21.2 Å². The zero-order valence-electron chi connectivity index (χ0n) is 10.5. The van der Waals surface area contributed by atoms with Crippen LogP contribution >= 0.6 is 0 Å². The Labute approximate surface area is 102 Å². The number of amidine groups is 1. The quantitative estimate of drug-likeness (QED) is 0.297. The number of oxime groups is 1. The van der Waals surface area contributed by atoms with Gasteiger partial charge in [-0.15, -0.1) is 0 Å². The summed E-state index contributed by atoms with van der Waals surface area (Å²) in [6.07, 6.45) is 4.51. The van der Waals surface area contributed by atoms with Gasteiger partial charge in [-0.25, -0.2) is 4.79 Å². The number of hydrogen-bond acceptors (Lipinski definition) is 3. The molecule has 0 aliphatic heterocycles. The minimum Gasteiger partial charge on any atom is -0.409 e. The van der Waals surface area contributed by atoms with E-state index < -0.39 is 0 Å². The summed E-state index contributed by atoms with van der Waals surface area (Å²) >= 11 is 0. The number of carbonyl (C=O) groups excluding carboxylic acids is 1. The predicted molar refractivity (Wildman–Crippen MR) is 66.0 cm³/mol. The van der Waals surface area contributed by atoms with Gasteiger partial charge in [0.05, 0.1) is 0 Å². The fraction of sp³-hybridized carbons (Fsp3) is 0.818. The third-order valence-corrected chi connectivity index (χ3v) is 3.20. The Kier molecular flexibility index (Phi) is 5.06. The second-order valence-electron chi connectivity index (χ2n) is 4.74. The molecule has 2 amide bonds. The summed E-state index contributed by atoms with van der Waals surface area (Å²) in [5.74, 6) is -0.00940. The van der Waals surface area contributed by atoms with Crippen LogP contribution in [0.1, 0.15) is 32.6 Å². The van der Waals surface area contributed by atoms with E-state index in [1.807, 2.05) is 6.92 Å². The van der Waals surface area contributed by atoms with Crippen LogP contribution in [0.15, 0.2) is 5.16 Å². The van der Waals surface area contributed by atoms with Gasteiger partial charge in [0.1, 0.15) is 5.84 Å². The monoisotopic (exact) mass is 242 g/mol. The van der Waals surface area contributed by atoms with E-state index in [4.69, 9.17) is 10.9 Å². The highest BCUT2D eigenvalue weighted by atomic mass is 16.4.